The number of fused-ring (bicyclic) bond motifs is 3. The number of allylic oxidation sites excluding steroid dienone is 1. The van der Waals surface area contributed by atoms with Gasteiger partial charge in [-0.05, 0) is 25.3 Å². The molecular formula is C15H20O3. The van der Waals surface area contributed by atoms with Crippen molar-refractivity contribution in [3.8, 4) is 0 Å². The molecule has 98 valence electrons. The number of rotatable bonds is 0. The van der Waals surface area contributed by atoms with Crippen LogP contribution in [0.25, 0.3) is 0 Å². The molecule has 3 nitrogen and oxygen atoms in total. The Morgan fingerprint density at radius 1 is 1.33 bits per heavy atom. The lowest BCUT2D eigenvalue weighted by Crippen LogP contribution is -2.63. The van der Waals surface area contributed by atoms with Crippen LogP contribution in [0, 0.1) is 10.8 Å². The topological polar surface area (TPSA) is 57.5 Å². The van der Waals surface area contributed by atoms with Gasteiger partial charge < -0.3 is 10.2 Å². The molecule has 0 aromatic rings. The predicted octanol–water partition coefficient (Wildman–Crippen LogP) is 1.74. The van der Waals surface area contributed by atoms with Crippen LogP contribution in [0.2, 0.25) is 0 Å². The molecule has 3 aliphatic rings. The number of carbonyl (C=O) groups is 1. The van der Waals surface area contributed by atoms with Gasteiger partial charge in [-0.25, -0.2) is 0 Å². The summed E-state index contributed by atoms with van der Waals surface area (Å²) in [6.07, 6.45) is 2.53. The first-order chi connectivity index (χ1) is 8.16. The summed E-state index contributed by atoms with van der Waals surface area (Å²) in [5.41, 5.74) is -0.226. The van der Waals surface area contributed by atoms with E-state index in [-0.39, 0.29) is 5.78 Å². The maximum atomic E-state index is 12.4. The van der Waals surface area contributed by atoms with Crippen molar-refractivity contribution in [2.45, 2.75) is 52.2 Å². The molecule has 0 aromatic carbocycles. The highest BCUT2D eigenvalue weighted by Gasteiger charge is 2.68. The minimum absolute atomic E-state index is 0.0886. The zero-order chi connectivity index (χ0) is 13.5. The maximum absolute atomic E-state index is 12.4. The highest BCUT2D eigenvalue weighted by Crippen LogP contribution is 2.65. The average molecular weight is 248 g/mol. The number of carbonyl (C=O) groups excluding carboxylic acids is 1. The Hall–Kier alpha value is -0.930. The molecule has 18 heavy (non-hydrogen) atoms. The third-order valence-corrected chi connectivity index (χ3v) is 5.45. The van der Waals surface area contributed by atoms with E-state index in [9.17, 15) is 15.0 Å². The average Bonchev–Trinajstić information content (AvgIpc) is 2.46. The van der Waals surface area contributed by atoms with Gasteiger partial charge in [-0.1, -0.05) is 32.4 Å². The second kappa shape index (κ2) is 2.97. The maximum Gasteiger partial charge on any atom is 0.187 e. The predicted molar refractivity (Wildman–Crippen MR) is 67.9 cm³/mol. The lowest BCUT2D eigenvalue weighted by atomic mass is 9.49. The van der Waals surface area contributed by atoms with Crippen LogP contribution in [-0.4, -0.2) is 27.7 Å². The summed E-state index contributed by atoms with van der Waals surface area (Å²) in [5.74, 6) is -0.0886. The van der Waals surface area contributed by atoms with Crippen molar-refractivity contribution < 1.29 is 15.0 Å². The van der Waals surface area contributed by atoms with Gasteiger partial charge in [-0.15, -0.1) is 0 Å². The van der Waals surface area contributed by atoms with Crippen molar-refractivity contribution in [2.24, 2.45) is 10.8 Å². The molecule has 0 spiro atoms. The quantitative estimate of drug-likeness (QED) is 0.686. The molecular weight excluding hydrogens is 228 g/mol. The molecule has 1 saturated carbocycles. The number of hydrogen-bond donors (Lipinski definition) is 2. The van der Waals surface area contributed by atoms with E-state index in [2.05, 4.69) is 0 Å². The van der Waals surface area contributed by atoms with Gasteiger partial charge in [-0.2, -0.15) is 0 Å². The Morgan fingerprint density at radius 2 is 1.94 bits per heavy atom. The molecule has 0 aliphatic heterocycles. The summed E-state index contributed by atoms with van der Waals surface area (Å²) < 4.78 is 0. The van der Waals surface area contributed by atoms with Gasteiger partial charge in [0.15, 0.2) is 5.78 Å². The van der Waals surface area contributed by atoms with Gasteiger partial charge >= 0.3 is 0 Å². The fourth-order valence-corrected chi connectivity index (χ4v) is 4.07. The Labute approximate surface area is 107 Å². The van der Waals surface area contributed by atoms with Crippen LogP contribution in [0.5, 0.6) is 0 Å². The van der Waals surface area contributed by atoms with Gasteiger partial charge in [0, 0.05) is 16.4 Å². The van der Waals surface area contributed by atoms with E-state index >= 15 is 0 Å². The molecule has 0 aromatic heterocycles. The molecule has 3 atom stereocenters. The van der Waals surface area contributed by atoms with Crippen LogP contribution >= 0.6 is 0 Å². The SMILES string of the molecule is CC1=C2CCC2(C)C2(O)C(=CC(C)(C)C2O)C1=O. The first kappa shape index (κ1) is 12.1. The van der Waals surface area contributed by atoms with E-state index in [0.29, 0.717) is 5.57 Å². The Morgan fingerprint density at radius 3 is 2.44 bits per heavy atom. The molecule has 3 rings (SSSR count). The molecule has 2 N–H and O–H groups in total. The highest BCUT2D eigenvalue weighted by atomic mass is 16.3. The smallest absolute Gasteiger partial charge is 0.187 e. The third kappa shape index (κ3) is 0.984. The number of ketones is 1. The van der Waals surface area contributed by atoms with Gasteiger partial charge in [0.2, 0.25) is 0 Å². The zero-order valence-corrected chi connectivity index (χ0v) is 11.4. The van der Waals surface area contributed by atoms with Crippen molar-refractivity contribution in [1.29, 1.82) is 0 Å². The molecule has 1 fully saturated rings. The van der Waals surface area contributed by atoms with Crippen molar-refractivity contribution in [2.75, 3.05) is 0 Å². The van der Waals surface area contributed by atoms with Gasteiger partial charge in [0.05, 0.1) is 6.10 Å². The van der Waals surface area contributed by atoms with Crippen LogP contribution in [0.15, 0.2) is 22.8 Å². The van der Waals surface area contributed by atoms with Crippen molar-refractivity contribution >= 4 is 5.78 Å². The molecule has 0 heterocycles. The van der Waals surface area contributed by atoms with Gasteiger partial charge in [-0.3, -0.25) is 4.79 Å². The van der Waals surface area contributed by atoms with Gasteiger partial charge in [0.1, 0.15) is 5.60 Å². The second-order valence-electron chi connectivity index (χ2n) is 6.81. The summed E-state index contributed by atoms with van der Waals surface area (Å²) in [5, 5.41) is 21.6. The van der Waals surface area contributed by atoms with E-state index in [1.807, 2.05) is 27.7 Å². The monoisotopic (exact) mass is 248 g/mol. The number of Topliss-reactive ketones (excluding diaryl/α,β-unsaturated/α-hetero) is 1. The second-order valence-corrected chi connectivity index (χ2v) is 6.81. The van der Waals surface area contributed by atoms with Gasteiger partial charge in [0.25, 0.3) is 0 Å². The van der Waals surface area contributed by atoms with E-state index in [4.69, 9.17) is 0 Å². The van der Waals surface area contributed by atoms with Crippen LogP contribution in [-0.2, 0) is 4.79 Å². The molecule has 3 unspecified atom stereocenters. The van der Waals surface area contributed by atoms with E-state index in [1.165, 1.54) is 0 Å². The van der Waals surface area contributed by atoms with Crippen LogP contribution in [0.4, 0.5) is 0 Å². The normalized spacial score (nSPS) is 45.3. The fraction of sp³-hybridized carbons (Fsp3) is 0.667. The molecule has 3 heteroatoms. The van der Waals surface area contributed by atoms with Crippen molar-refractivity contribution in [1.82, 2.24) is 0 Å². The zero-order valence-electron chi connectivity index (χ0n) is 11.4. The highest BCUT2D eigenvalue weighted by molar-refractivity contribution is 6.12. The third-order valence-electron chi connectivity index (χ3n) is 5.45. The van der Waals surface area contributed by atoms with Crippen LogP contribution < -0.4 is 0 Å². The molecule has 0 bridgehead atoms. The first-order valence-electron chi connectivity index (χ1n) is 6.55. The van der Waals surface area contributed by atoms with E-state index in [0.717, 1.165) is 24.0 Å². The summed E-state index contributed by atoms with van der Waals surface area (Å²) in [6, 6.07) is 0. The molecule has 3 aliphatic carbocycles. The lowest BCUT2D eigenvalue weighted by molar-refractivity contribution is -0.156. The minimum Gasteiger partial charge on any atom is -0.389 e. The summed E-state index contributed by atoms with van der Waals surface area (Å²) in [6.45, 7) is 7.55. The van der Waals surface area contributed by atoms with Crippen molar-refractivity contribution in [3.63, 3.8) is 0 Å². The van der Waals surface area contributed by atoms with Crippen LogP contribution in [0.1, 0.15) is 40.5 Å². The largest absolute Gasteiger partial charge is 0.389 e. The lowest BCUT2D eigenvalue weighted by Gasteiger charge is -2.57. The van der Waals surface area contributed by atoms with Crippen molar-refractivity contribution in [3.05, 3.63) is 22.8 Å². The summed E-state index contributed by atoms with van der Waals surface area (Å²) in [4.78, 5) is 12.4. The number of aliphatic hydroxyl groups excluding tert-OH is 1. The number of hydrogen-bond acceptors (Lipinski definition) is 3. The summed E-state index contributed by atoms with van der Waals surface area (Å²) >= 11 is 0. The summed E-state index contributed by atoms with van der Waals surface area (Å²) in [7, 11) is 0. The standard InChI is InChI=1S/C15H20O3/c1-8-9-5-6-14(9,4)15(18)10(11(8)16)7-13(2,3)12(15)17/h7,12,17-18H,5-6H2,1-4H3. The first-order valence-corrected chi connectivity index (χ1v) is 6.55. The molecule has 0 amide bonds. The number of aliphatic hydroxyl groups is 2. The Bertz CT molecular complexity index is 526. The molecule has 0 radical (unpaired) electrons. The Kier molecular flexibility index (Phi) is 2.00. The Balaban J connectivity index is 2.29. The van der Waals surface area contributed by atoms with E-state index < -0.39 is 22.5 Å². The fourth-order valence-electron chi connectivity index (χ4n) is 4.07. The minimum atomic E-state index is -1.40. The van der Waals surface area contributed by atoms with E-state index in [1.54, 1.807) is 6.08 Å². The van der Waals surface area contributed by atoms with Crippen LogP contribution in [0.3, 0.4) is 0 Å². The molecule has 0 saturated heterocycles.